The van der Waals surface area contributed by atoms with E-state index in [2.05, 4.69) is 38.6 Å². The molecule has 4 aliphatic heterocycles. The van der Waals surface area contributed by atoms with Gasteiger partial charge in [-0.1, -0.05) is 66.7 Å². The number of ketones is 1. The smallest absolute Gasteiger partial charge is 0.255 e. The van der Waals surface area contributed by atoms with Crippen molar-refractivity contribution in [3.8, 4) is 28.5 Å². The summed E-state index contributed by atoms with van der Waals surface area (Å²) < 4.78 is 25.6. The van der Waals surface area contributed by atoms with Gasteiger partial charge in [0.1, 0.15) is 12.4 Å². The van der Waals surface area contributed by atoms with Crippen molar-refractivity contribution in [1.29, 1.82) is 0 Å². The van der Waals surface area contributed by atoms with Crippen LogP contribution >= 0.6 is 0 Å². The van der Waals surface area contributed by atoms with E-state index < -0.39 is 0 Å². The molecule has 1 saturated heterocycles. The normalized spacial score (nSPS) is 17.9. The molecule has 9 heteroatoms. The fraction of sp³-hybridized carbons (Fsp3) is 0.333. The summed E-state index contributed by atoms with van der Waals surface area (Å²) in [4.78, 5) is 33.7. The lowest BCUT2D eigenvalue weighted by molar-refractivity contribution is 0.0193. The summed E-state index contributed by atoms with van der Waals surface area (Å²) >= 11 is 0. The predicted octanol–water partition coefficient (Wildman–Crippen LogP) is 7.12. The van der Waals surface area contributed by atoms with Gasteiger partial charge in [0.15, 0.2) is 17.3 Å². The van der Waals surface area contributed by atoms with Gasteiger partial charge in [0, 0.05) is 67.7 Å². The van der Waals surface area contributed by atoms with Crippen molar-refractivity contribution in [3.05, 3.63) is 136 Å². The number of hydrogen-bond donors (Lipinski definition) is 0. The van der Waals surface area contributed by atoms with E-state index in [0.29, 0.717) is 43.4 Å². The number of carbonyl (C=O) groups is 2. The molecule has 276 valence electrons. The van der Waals surface area contributed by atoms with E-state index in [-0.39, 0.29) is 30.9 Å². The minimum absolute atomic E-state index is 0.00253. The third-order valence-corrected chi connectivity index (χ3v) is 11.3. The first-order valence-corrected chi connectivity index (χ1v) is 19.2. The van der Waals surface area contributed by atoms with E-state index >= 15 is 4.79 Å². The summed E-state index contributed by atoms with van der Waals surface area (Å²) in [6.45, 7) is 5.81. The number of Topliss-reactive ketones (excluding diaryl/α,β-unsaturated/α-hetero) is 1. The van der Waals surface area contributed by atoms with Gasteiger partial charge in [0.2, 0.25) is 6.79 Å². The molecule has 0 spiro atoms. The molecule has 5 heterocycles. The highest BCUT2D eigenvalue weighted by atomic mass is 16.7. The van der Waals surface area contributed by atoms with Crippen LogP contribution in [-0.2, 0) is 43.7 Å². The fourth-order valence-corrected chi connectivity index (χ4v) is 8.42. The zero-order chi connectivity index (χ0) is 36.4. The molecule has 0 saturated carbocycles. The number of aromatic nitrogens is 1. The molecule has 54 heavy (non-hydrogen) atoms. The van der Waals surface area contributed by atoms with E-state index in [4.69, 9.17) is 18.9 Å². The van der Waals surface area contributed by atoms with Crippen molar-refractivity contribution in [2.75, 3.05) is 39.6 Å². The largest absolute Gasteiger partial charge is 0.489 e. The summed E-state index contributed by atoms with van der Waals surface area (Å²) in [6, 6.07) is 32.2. The minimum Gasteiger partial charge on any atom is -0.489 e. The molecule has 0 unspecified atom stereocenters. The number of morpholine rings is 1. The lowest BCUT2D eigenvalue weighted by Crippen LogP contribution is -2.52. The Morgan fingerprint density at radius 1 is 0.759 bits per heavy atom. The SMILES string of the molecule is O=C(Cc1ccc(OCc2ccccc2)cc1)c1cc(-c2cc3c(cc2C(=O)N2Cc4ccccc4C[C@@H]2CN2CCOCC2)OCO3)n2c1CCCC2. The fourth-order valence-electron chi connectivity index (χ4n) is 8.42. The highest BCUT2D eigenvalue weighted by Crippen LogP contribution is 2.42. The average Bonchev–Trinajstić information content (AvgIpc) is 3.85. The third kappa shape index (κ3) is 7.01. The summed E-state index contributed by atoms with van der Waals surface area (Å²) in [5.41, 5.74) is 8.49. The van der Waals surface area contributed by atoms with Crippen molar-refractivity contribution in [2.24, 2.45) is 0 Å². The molecule has 1 fully saturated rings. The number of rotatable bonds is 10. The zero-order valence-electron chi connectivity index (χ0n) is 30.5. The Hall–Kier alpha value is -5.38. The lowest BCUT2D eigenvalue weighted by atomic mass is 9.92. The monoisotopic (exact) mass is 723 g/mol. The molecule has 4 aromatic carbocycles. The molecule has 1 amide bonds. The topological polar surface area (TPSA) is 82.5 Å². The van der Waals surface area contributed by atoms with Crippen LogP contribution in [-0.4, -0.2) is 71.7 Å². The van der Waals surface area contributed by atoms with Crippen LogP contribution in [0.25, 0.3) is 11.3 Å². The Balaban J connectivity index is 1.03. The van der Waals surface area contributed by atoms with E-state index in [0.717, 1.165) is 91.3 Å². The Kier molecular flexibility index (Phi) is 9.66. The number of ether oxygens (including phenoxy) is 4. The second-order valence-electron chi connectivity index (χ2n) is 14.7. The number of nitrogens with zero attached hydrogens (tertiary/aromatic N) is 3. The van der Waals surface area contributed by atoms with Crippen LogP contribution < -0.4 is 14.2 Å². The summed E-state index contributed by atoms with van der Waals surface area (Å²) in [7, 11) is 0. The standard InChI is InChI=1S/C45H45N3O6/c49-42(22-31-13-15-36(16-14-31)52-29-32-8-2-1-3-9-32)39-24-41(47-17-7-6-12-40(39)47)37-25-43-44(54-30-53-43)26-38(37)45(50)48-27-34-11-5-4-10-33(34)23-35(48)28-46-18-20-51-21-19-46/h1-5,8-11,13-16,24-26,35H,6-7,12,17-23,27-30H2/t35-/m1/s1. The quantitative estimate of drug-likeness (QED) is 0.142. The van der Waals surface area contributed by atoms with Gasteiger partial charge in [-0.15, -0.1) is 0 Å². The molecular weight excluding hydrogens is 679 g/mol. The van der Waals surface area contributed by atoms with Crippen LogP contribution in [0.5, 0.6) is 17.2 Å². The number of fused-ring (bicyclic) bond motifs is 3. The number of hydrogen-bond acceptors (Lipinski definition) is 7. The molecule has 0 aliphatic carbocycles. The maximum atomic E-state index is 15.1. The van der Waals surface area contributed by atoms with Crippen molar-refractivity contribution < 1.29 is 28.5 Å². The van der Waals surface area contributed by atoms with Crippen LogP contribution in [0, 0.1) is 0 Å². The molecule has 0 N–H and O–H groups in total. The number of amides is 1. The van der Waals surface area contributed by atoms with Crippen molar-refractivity contribution >= 4 is 11.7 Å². The Bertz CT molecular complexity index is 2150. The molecule has 4 aliphatic rings. The van der Waals surface area contributed by atoms with E-state index in [1.54, 1.807) is 0 Å². The van der Waals surface area contributed by atoms with Crippen molar-refractivity contribution in [3.63, 3.8) is 0 Å². The van der Waals surface area contributed by atoms with Gasteiger partial charge in [-0.3, -0.25) is 14.5 Å². The molecule has 0 bridgehead atoms. The van der Waals surface area contributed by atoms with E-state index in [1.807, 2.05) is 72.8 Å². The summed E-state index contributed by atoms with van der Waals surface area (Å²) in [5.74, 6) is 1.98. The van der Waals surface area contributed by atoms with E-state index in [9.17, 15) is 4.79 Å². The molecule has 1 aromatic heterocycles. The molecule has 5 aromatic rings. The van der Waals surface area contributed by atoms with Crippen molar-refractivity contribution in [2.45, 2.75) is 57.8 Å². The Labute approximate surface area is 316 Å². The van der Waals surface area contributed by atoms with Gasteiger partial charge in [-0.25, -0.2) is 0 Å². The number of benzene rings is 4. The molecular formula is C45H45N3O6. The summed E-state index contributed by atoms with van der Waals surface area (Å²) in [5, 5.41) is 0. The van der Waals surface area contributed by atoms with Crippen LogP contribution in [0.3, 0.4) is 0 Å². The molecule has 1 atom stereocenters. The van der Waals surface area contributed by atoms with Gasteiger partial charge in [0.05, 0.1) is 18.8 Å². The molecule has 9 rings (SSSR count). The van der Waals surface area contributed by atoms with Gasteiger partial charge in [-0.05, 0) is 78.3 Å². The maximum absolute atomic E-state index is 15.1. The average molecular weight is 724 g/mol. The number of carbonyl (C=O) groups excluding carboxylic acids is 2. The Morgan fingerprint density at radius 3 is 2.33 bits per heavy atom. The first-order chi connectivity index (χ1) is 26.6. The van der Waals surface area contributed by atoms with Crippen LogP contribution in [0.15, 0.2) is 97.1 Å². The first-order valence-electron chi connectivity index (χ1n) is 19.2. The van der Waals surface area contributed by atoms with Gasteiger partial charge in [-0.2, -0.15) is 0 Å². The second kappa shape index (κ2) is 15.2. The van der Waals surface area contributed by atoms with Gasteiger partial charge >= 0.3 is 0 Å². The second-order valence-corrected chi connectivity index (χ2v) is 14.7. The zero-order valence-corrected chi connectivity index (χ0v) is 30.5. The van der Waals surface area contributed by atoms with Gasteiger partial charge < -0.3 is 28.4 Å². The molecule has 0 radical (unpaired) electrons. The predicted molar refractivity (Wildman–Crippen MR) is 205 cm³/mol. The van der Waals surface area contributed by atoms with Crippen LogP contribution in [0.1, 0.15) is 61.5 Å². The minimum atomic E-state index is -0.0372. The van der Waals surface area contributed by atoms with Crippen molar-refractivity contribution in [1.82, 2.24) is 14.4 Å². The highest BCUT2D eigenvalue weighted by Gasteiger charge is 2.35. The highest BCUT2D eigenvalue weighted by molar-refractivity contribution is 6.04. The van der Waals surface area contributed by atoms with Crippen LogP contribution in [0.2, 0.25) is 0 Å². The molecule has 9 nitrogen and oxygen atoms in total. The van der Waals surface area contributed by atoms with E-state index in [1.165, 1.54) is 11.1 Å². The maximum Gasteiger partial charge on any atom is 0.255 e. The summed E-state index contributed by atoms with van der Waals surface area (Å²) in [6.07, 6.45) is 3.90. The first kappa shape index (κ1) is 34.4. The third-order valence-electron chi connectivity index (χ3n) is 11.3. The Morgan fingerprint density at radius 2 is 1.52 bits per heavy atom. The van der Waals surface area contributed by atoms with Crippen LogP contribution in [0.4, 0.5) is 0 Å². The lowest BCUT2D eigenvalue weighted by Gasteiger charge is -2.40. The van der Waals surface area contributed by atoms with Gasteiger partial charge in [0.25, 0.3) is 5.91 Å².